The molecule has 0 aliphatic carbocycles. The molecule has 32 heavy (non-hydrogen) atoms. The molecule has 0 bridgehead atoms. The molecule has 1 N–H and O–H groups in total. The van der Waals surface area contributed by atoms with Gasteiger partial charge in [0.25, 0.3) is 5.91 Å². The molecule has 0 unspecified atom stereocenters. The number of aliphatic hydroxyl groups excluding tert-OH is 1. The highest BCUT2D eigenvalue weighted by Gasteiger charge is 2.30. The first-order valence-corrected chi connectivity index (χ1v) is 10.9. The van der Waals surface area contributed by atoms with Crippen LogP contribution in [0.5, 0.6) is 0 Å². The van der Waals surface area contributed by atoms with Gasteiger partial charge in [-0.25, -0.2) is 4.98 Å². The minimum Gasteiger partial charge on any atom is -0.395 e. The summed E-state index contributed by atoms with van der Waals surface area (Å²) in [6.45, 7) is 1.93. The van der Waals surface area contributed by atoms with Crippen LogP contribution in [0, 0.1) is 0 Å². The lowest BCUT2D eigenvalue weighted by molar-refractivity contribution is -0.143. The van der Waals surface area contributed by atoms with Crippen molar-refractivity contribution in [2.75, 3.05) is 53.0 Å². The van der Waals surface area contributed by atoms with E-state index in [2.05, 4.69) is 0 Å². The minimum absolute atomic E-state index is 0.0227. The summed E-state index contributed by atoms with van der Waals surface area (Å²) >= 11 is 0. The summed E-state index contributed by atoms with van der Waals surface area (Å²) in [7, 11) is 1.64. The average molecular weight is 441 g/mol. The van der Waals surface area contributed by atoms with Gasteiger partial charge in [0.15, 0.2) is 0 Å². The van der Waals surface area contributed by atoms with E-state index < -0.39 is 6.10 Å². The molecular weight excluding hydrogens is 412 g/mol. The number of para-hydroxylation sites is 1. The predicted molar refractivity (Wildman–Crippen MR) is 117 cm³/mol. The van der Waals surface area contributed by atoms with Gasteiger partial charge in [-0.3, -0.25) is 14.4 Å². The van der Waals surface area contributed by atoms with E-state index in [0.29, 0.717) is 49.4 Å². The molecule has 2 saturated heterocycles. The lowest BCUT2D eigenvalue weighted by Gasteiger charge is -2.34. The maximum atomic E-state index is 13.0. The Morgan fingerprint density at radius 3 is 2.84 bits per heavy atom. The van der Waals surface area contributed by atoms with E-state index >= 15 is 0 Å². The molecule has 2 aromatic rings. The number of nitrogens with zero attached hydrogens (tertiary/aromatic N) is 4. The van der Waals surface area contributed by atoms with Crippen LogP contribution in [0.3, 0.4) is 0 Å². The van der Waals surface area contributed by atoms with Crippen molar-refractivity contribution in [1.29, 1.82) is 0 Å². The number of ether oxygens (including phenoxy) is 1. The monoisotopic (exact) mass is 440 g/mol. The number of aromatic nitrogens is 1. The Morgan fingerprint density at radius 1 is 1.28 bits per heavy atom. The Morgan fingerprint density at radius 2 is 2.09 bits per heavy atom. The third-order valence-electron chi connectivity index (χ3n) is 6.00. The Kier molecular flexibility index (Phi) is 6.66. The van der Waals surface area contributed by atoms with Crippen LogP contribution in [0.4, 0.5) is 0 Å². The molecule has 2 aliphatic rings. The quantitative estimate of drug-likeness (QED) is 0.714. The average Bonchev–Trinajstić information content (AvgIpc) is 3.22. The molecule has 170 valence electrons. The second kappa shape index (κ2) is 9.62. The zero-order valence-electron chi connectivity index (χ0n) is 18.2. The van der Waals surface area contributed by atoms with Crippen molar-refractivity contribution in [3.8, 4) is 0 Å². The van der Waals surface area contributed by atoms with Crippen LogP contribution in [-0.2, 0) is 14.3 Å². The highest BCUT2D eigenvalue weighted by molar-refractivity contribution is 6.06. The molecule has 2 fully saturated rings. The van der Waals surface area contributed by atoms with E-state index in [1.54, 1.807) is 22.9 Å². The van der Waals surface area contributed by atoms with E-state index in [0.717, 1.165) is 11.8 Å². The zero-order chi connectivity index (χ0) is 22.7. The highest BCUT2D eigenvalue weighted by Crippen LogP contribution is 2.27. The van der Waals surface area contributed by atoms with Crippen molar-refractivity contribution in [3.63, 3.8) is 0 Å². The van der Waals surface area contributed by atoms with Crippen LogP contribution >= 0.6 is 0 Å². The van der Waals surface area contributed by atoms with Gasteiger partial charge in [-0.05, 0) is 18.6 Å². The van der Waals surface area contributed by atoms with E-state index in [4.69, 9.17) is 9.72 Å². The van der Waals surface area contributed by atoms with Gasteiger partial charge in [-0.15, -0.1) is 0 Å². The predicted octanol–water partition coefficient (Wildman–Crippen LogP) is 0.821. The second-order valence-corrected chi connectivity index (χ2v) is 8.18. The van der Waals surface area contributed by atoms with E-state index in [1.807, 2.05) is 24.3 Å². The topological polar surface area (TPSA) is 103 Å². The molecular formula is C23H28N4O5. The molecule has 9 nitrogen and oxygen atoms in total. The Balaban J connectivity index is 1.57. The summed E-state index contributed by atoms with van der Waals surface area (Å²) in [6, 6.07) is 9.11. The van der Waals surface area contributed by atoms with Crippen LogP contribution < -0.4 is 0 Å². The number of hydrogen-bond donors (Lipinski definition) is 1. The Bertz CT molecular complexity index is 1030. The first-order chi connectivity index (χ1) is 15.5. The first kappa shape index (κ1) is 22.2. The number of fused-ring (bicyclic) bond motifs is 1. The number of rotatable bonds is 6. The largest absolute Gasteiger partial charge is 0.395 e. The van der Waals surface area contributed by atoms with Gasteiger partial charge < -0.3 is 24.5 Å². The third kappa shape index (κ3) is 4.58. The number of pyridine rings is 1. The summed E-state index contributed by atoms with van der Waals surface area (Å²) in [4.78, 5) is 47.2. The lowest BCUT2D eigenvalue weighted by Crippen LogP contribution is -2.47. The number of amides is 3. The van der Waals surface area contributed by atoms with Gasteiger partial charge >= 0.3 is 0 Å². The fourth-order valence-corrected chi connectivity index (χ4v) is 4.18. The van der Waals surface area contributed by atoms with Crippen molar-refractivity contribution in [1.82, 2.24) is 19.7 Å². The van der Waals surface area contributed by atoms with Gasteiger partial charge in [-0.2, -0.15) is 0 Å². The fourth-order valence-electron chi connectivity index (χ4n) is 4.18. The van der Waals surface area contributed by atoms with Crippen LogP contribution in [-0.4, -0.2) is 95.5 Å². The second-order valence-electron chi connectivity index (χ2n) is 8.18. The SMILES string of the molecule is CN(CCO)C(=O)c1cc([C@@H]2CN(C(=O)CN3CCCC3=O)CCO2)nc2ccccc12. The highest BCUT2D eigenvalue weighted by atomic mass is 16.5. The standard InChI is InChI=1S/C23H28N4O5/c1-25(9-11-28)23(31)17-13-19(24-18-6-3-2-5-16(17)18)20-14-27(10-12-32-20)22(30)15-26-8-4-7-21(26)29/h2-3,5-6,13,20,28H,4,7-12,14-15H2,1H3/t20-/m0/s1. The molecule has 3 heterocycles. The summed E-state index contributed by atoms with van der Waals surface area (Å²) in [6.07, 6.45) is 0.823. The van der Waals surface area contributed by atoms with Crippen LogP contribution in [0.1, 0.15) is 35.0 Å². The number of likely N-dealkylation sites (N-methyl/N-ethyl adjacent to an activating group) is 1. The zero-order valence-corrected chi connectivity index (χ0v) is 18.2. The number of carbonyl (C=O) groups excluding carboxylic acids is 3. The van der Waals surface area contributed by atoms with Gasteiger partial charge in [0.2, 0.25) is 11.8 Å². The molecule has 0 spiro atoms. The molecule has 0 radical (unpaired) electrons. The summed E-state index contributed by atoms with van der Waals surface area (Å²) < 4.78 is 5.93. The van der Waals surface area contributed by atoms with Crippen molar-refractivity contribution >= 4 is 28.6 Å². The number of benzene rings is 1. The molecule has 4 rings (SSSR count). The van der Waals surface area contributed by atoms with Crippen molar-refractivity contribution < 1.29 is 24.2 Å². The maximum absolute atomic E-state index is 13.0. The van der Waals surface area contributed by atoms with Crippen LogP contribution in [0.15, 0.2) is 30.3 Å². The number of hydrogen-bond acceptors (Lipinski definition) is 6. The Hall–Kier alpha value is -3.04. The van der Waals surface area contributed by atoms with E-state index in [9.17, 15) is 19.5 Å². The molecule has 1 aromatic heterocycles. The number of aliphatic hydroxyl groups is 1. The van der Waals surface area contributed by atoms with E-state index in [1.165, 1.54) is 4.90 Å². The number of likely N-dealkylation sites (tertiary alicyclic amines) is 1. The molecule has 3 amide bonds. The molecule has 2 aliphatic heterocycles. The number of morpholine rings is 1. The van der Waals surface area contributed by atoms with Gasteiger partial charge in [0.1, 0.15) is 6.10 Å². The van der Waals surface area contributed by atoms with Crippen molar-refractivity contribution in [2.24, 2.45) is 0 Å². The molecule has 9 heteroatoms. The normalized spacial score (nSPS) is 18.9. The van der Waals surface area contributed by atoms with Crippen LogP contribution in [0.2, 0.25) is 0 Å². The molecule has 1 aromatic carbocycles. The minimum atomic E-state index is -0.471. The summed E-state index contributed by atoms with van der Waals surface area (Å²) in [5, 5.41) is 9.94. The van der Waals surface area contributed by atoms with Gasteiger partial charge in [0.05, 0.1) is 43.1 Å². The lowest BCUT2D eigenvalue weighted by atomic mass is 10.0. The smallest absolute Gasteiger partial charge is 0.254 e. The summed E-state index contributed by atoms with van der Waals surface area (Å²) in [5.41, 5.74) is 1.73. The van der Waals surface area contributed by atoms with E-state index in [-0.39, 0.29) is 37.4 Å². The fraction of sp³-hybridized carbons (Fsp3) is 0.478. The maximum Gasteiger partial charge on any atom is 0.254 e. The van der Waals surface area contributed by atoms with Crippen molar-refractivity contribution in [3.05, 3.63) is 41.6 Å². The first-order valence-electron chi connectivity index (χ1n) is 10.9. The summed E-state index contributed by atoms with van der Waals surface area (Å²) in [5.74, 6) is -0.294. The molecule has 0 saturated carbocycles. The van der Waals surface area contributed by atoms with Crippen LogP contribution in [0.25, 0.3) is 10.9 Å². The number of carbonyl (C=O) groups is 3. The van der Waals surface area contributed by atoms with Gasteiger partial charge in [0, 0.05) is 38.5 Å². The van der Waals surface area contributed by atoms with Gasteiger partial charge in [-0.1, -0.05) is 18.2 Å². The Labute approximate surface area is 186 Å². The van der Waals surface area contributed by atoms with Crippen molar-refractivity contribution in [2.45, 2.75) is 18.9 Å². The molecule has 1 atom stereocenters. The third-order valence-corrected chi connectivity index (χ3v) is 6.00.